The Bertz CT molecular complexity index is 883. The molecule has 2 N–H and O–H groups in total. The molecule has 0 aromatic heterocycles. The van der Waals surface area contributed by atoms with Gasteiger partial charge in [-0.3, -0.25) is 4.79 Å². The highest BCUT2D eigenvalue weighted by atomic mass is 16.1. The average Bonchev–Trinajstić information content (AvgIpc) is 2.97. The fourth-order valence-electron chi connectivity index (χ4n) is 3.28. The zero-order chi connectivity index (χ0) is 17.2. The van der Waals surface area contributed by atoms with Gasteiger partial charge in [0.15, 0.2) is 0 Å². The molecule has 0 atom stereocenters. The van der Waals surface area contributed by atoms with Crippen molar-refractivity contribution in [3.63, 3.8) is 0 Å². The number of rotatable bonds is 4. The molecule has 0 aliphatic carbocycles. The quantitative estimate of drug-likeness (QED) is 0.648. The molecule has 0 fully saturated rings. The van der Waals surface area contributed by atoms with Crippen molar-refractivity contribution >= 4 is 11.7 Å². The molecule has 0 saturated carbocycles. The number of aliphatic imine (C=N–C) groups is 1. The van der Waals surface area contributed by atoms with Crippen LogP contribution in [0, 0.1) is 11.3 Å². The molecule has 3 aliphatic heterocycles. The number of amides is 1. The summed E-state index contributed by atoms with van der Waals surface area (Å²) in [5.41, 5.74) is 5.13. The summed E-state index contributed by atoms with van der Waals surface area (Å²) in [6.07, 6.45) is 5.99. The summed E-state index contributed by atoms with van der Waals surface area (Å²) in [4.78, 5) is 18.6. The Labute approximate surface area is 145 Å². The van der Waals surface area contributed by atoms with E-state index >= 15 is 0 Å². The molecule has 124 valence electrons. The Morgan fingerprint density at radius 3 is 2.92 bits per heavy atom. The maximum atomic E-state index is 11.8. The maximum absolute atomic E-state index is 11.8. The fraction of sp³-hybridized carbons (Fsp3) is 0.211. The van der Waals surface area contributed by atoms with Gasteiger partial charge in [-0.15, -0.1) is 0 Å². The van der Waals surface area contributed by atoms with Crippen LogP contribution in [0.3, 0.4) is 0 Å². The number of allylic oxidation sites excluding steroid dienone is 1. The topological polar surface area (TPSA) is 80.5 Å². The minimum absolute atomic E-state index is 0.0876. The first-order valence-electron chi connectivity index (χ1n) is 8.21. The predicted octanol–water partition coefficient (Wildman–Crippen LogP) is 1.55. The Hall–Kier alpha value is -3.17. The van der Waals surface area contributed by atoms with Crippen LogP contribution in [0.2, 0.25) is 0 Å². The minimum atomic E-state index is -0.0876. The molecule has 1 aromatic rings. The summed E-state index contributed by atoms with van der Waals surface area (Å²) < 4.78 is 0. The second-order valence-corrected chi connectivity index (χ2v) is 6.05. The van der Waals surface area contributed by atoms with Gasteiger partial charge >= 0.3 is 0 Å². The first-order chi connectivity index (χ1) is 12.3. The largest absolute Gasteiger partial charge is 0.324 e. The summed E-state index contributed by atoms with van der Waals surface area (Å²) in [6, 6.07) is 10.2. The van der Waals surface area contributed by atoms with Crippen LogP contribution in [0.4, 0.5) is 0 Å². The first-order valence-corrected chi connectivity index (χ1v) is 8.21. The lowest BCUT2D eigenvalue weighted by atomic mass is 10.1. The van der Waals surface area contributed by atoms with Crippen molar-refractivity contribution in [2.45, 2.75) is 13.0 Å². The second kappa shape index (κ2) is 6.38. The van der Waals surface area contributed by atoms with E-state index in [-0.39, 0.29) is 5.91 Å². The highest BCUT2D eigenvalue weighted by molar-refractivity contribution is 6.02. The van der Waals surface area contributed by atoms with Crippen molar-refractivity contribution in [2.24, 2.45) is 4.99 Å². The van der Waals surface area contributed by atoms with Crippen LogP contribution in [0.1, 0.15) is 17.5 Å². The van der Waals surface area contributed by atoms with Gasteiger partial charge in [0, 0.05) is 48.6 Å². The molecule has 1 aromatic carbocycles. The number of hydrogen-bond donors (Lipinski definition) is 2. The van der Waals surface area contributed by atoms with Crippen LogP contribution in [0.5, 0.6) is 0 Å². The van der Waals surface area contributed by atoms with Crippen molar-refractivity contribution in [3.8, 4) is 6.07 Å². The Morgan fingerprint density at radius 2 is 2.12 bits per heavy atom. The van der Waals surface area contributed by atoms with Gasteiger partial charge in [-0.05, 0) is 11.6 Å². The summed E-state index contributed by atoms with van der Waals surface area (Å²) in [5, 5.41) is 14.6. The van der Waals surface area contributed by atoms with E-state index in [2.05, 4.69) is 26.6 Å². The van der Waals surface area contributed by atoms with Gasteiger partial charge in [-0.25, -0.2) is 4.99 Å². The van der Waals surface area contributed by atoms with Crippen LogP contribution >= 0.6 is 0 Å². The monoisotopic (exact) mass is 331 g/mol. The second-order valence-electron chi connectivity index (χ2n) is 6.05. The molecule has 0 bridgehead atoms. The van der Waals surface area contributed by atoms with Gasteiger partial charge in [-0.1, -0.05) is 24.3 Å². The maximum Gasteiger partial charge on any atom is 0.248 e. The molecule has 3 heterocycles. The van der Waals surface area contributed by atoms with Gasteiger partial charge in [0.1, 0.15) is 5.84 Å². The first kappa shape index (κ1) is 15.4. The Morgan fingerprint density at radius 1 is 1.28 bits per heavy atom. The summed E-state index contributed by atoms with van der Waals surface area (Å²) >= 11 is 0. The number of carbonyl (C=O) groups excluding carboxylic acids is 1. The lowest BCUT2D eigenvalue weighted by Crippen LogP contribution is -2.31. The van der Waals surface area contributed by atoms with Crippen LogP contribution < -0.4 is 10.6 Å². The van der Waals surface area contributed by atoms with Gasteiger partial charge in [0.05, 0.1) is 18.3 Å². The highest BCUT2D eigenvalue weighted by Crippen LogP contribution is 2.34. The van der Waals surface area contributed by atoms with Crippen molar-refractivity contribution in [1.82, 2.24) is 15.5 Å². The number of benzene rings is 1. The lowest BCUT2D eigenvalue weighted by Gasteiger charge is -2.27. The molecule has 0 saturated heterocycles. The smallest absolute Gasteiger partial charge is 0.248 e. The molecule has 0 unspecified atom stereocenters. The third kappa shape index (κ3) is 2.86. The van der Waals surface area contributed by atoms with Gasteiger partial charge in [-0.2, -0.15) is 5.26 Å². The zero-order valence-electron chi connectivity index (χ0n) is 13.6. The van der Waals surface area contributed by atoms with Gasteiger partial charge in [0.25, 0.3) is 0 Å². The van der Waals surface area contributed by atoms with E-state index in [0.717, 1.165) is 46.9 Å². The summed E-state index contributed by atoms with van der Waals surface area (Å²) in [7, 11) is 0. The molecule has 3 aliphatic rings. The molecule has 6 heteroatoms. The van der Waals surface area contributed by atoms with E-state index in [1.165, 1.54) is 0 Å². The average molecular weight is 331 g/mol. The predicted molar refractivity (Wildman–Crippen MR) is 94.0 cm³/mol. The van der Waals surface area contributed by atoms with Crippen molar-refractivity contribution < 1.29 is 4.79 Å². The number of nitrogens with zero attached hydrogens (tertiary/aromatic N) is 3. The number of hydrogen-bond acceptors (Lipinski definition) is 5. The molecule has 1 amide bonds. The number of nitriles is 1. The van der Waals surface area contributed by atoms with E-state index in [9.17, 15) is 4.79 Å². The minimum Gasteiger partial charge on any atom is -0.324 e. The fourth-order valence-corrected chi connectivity index (χ4v) is 3.28. The van der Waals surface area contributed by atoms with E-state index in [4.69, 9.17) is 5.26 Å². The Kier molecular flexibility index (Phi) is 3.92. The Balaban J connectivity index is 1.61. The van der Waals surface area contributed by atoms with Gasteiger partial charge in [0.2, 0.25) is 5.91 Å². The number of carbonyl (C=O) groups is 1. The number of nitrogens with one attached hydrogen (secondary N) is 2. The zero-order valence-corrected chi connectivity index (χ0v) is 13.6. The standard InChI is InChI=1S/C19H17N5O/c20-8-9-21-11-13-1-3-14(4-2-13)19-22-12-15-5-6-17(25)23-16-7-10-24(19)18(15)16/h1-6,12,21H,7,9-11H2,(H,23,25). The van der Waals surface area contributed by atoms with Crippen molar-refractivity contribution in [3.05, 3.63) is 70.7 Å². The lowest BCUT2D eigenvalue weighted by molar-refractivity contribution is -0.115. The van der Waals surface area contributed by atoms with E-state index in [1.807, 2.05) is 36.5 Å². The van der Waals surface area contributed by atoms with Gasteiger partial charge < -0.3 is 15.5 Å². The third-order valence-corrected chi connectivity index (χ3v) is 4.43. The summed E-state index contributed by atoms with van der Waals surface area (Å²) in [6.45, 7) is 1.81. The molecular weight excluding hydrogens is 314 g/mol. The van der Waals surface area contributed by atoms with Crippen molar-refractivity contribution in [1.29, 1.82) is 5.26 Å². The van der Waals surface area contributed by atoms with Crippen LogP contribution in [-0.4, -0.2) is 29.7 Å². The highest BCUT2D eigenvalue weighted by Gasteiger charge is 2.32. The van der Waals surface area contributed by atoms with Crippen LogP contribution in [0.25, 0.3) is 0 Å². The molecule has 0 spiro atoms. The normalized spacial score (nSPS) is 18.2. The SMILES string of the molecule is N#CCNCc1ccc(C2=NC=C3C=CC(=O)NC4=C3N2CC4)cc1. The molecule has 25 heavy (non-hydrogen) atoms. The molecule has 4 rings (SSSR count). The molecule has 0 radical (unpaired) electrons. The van der Waals surface area contributed by atoms with E-state index < -0.39 is 0 Å². The third-order valence-electron chi connectivity index (χ3n) is 4.43. The van der Waals surface area contributed by atoms with E-state index in [1.54, 1.807) is 6.08 Å². The molecule has 6 nitrogen and oxygen atoms in total. The van der Waals surface area contributed by atoms with Crippen molar-refractivity contribution in [2.75, 3.05) is 13.1 Å². The number of amidine groups is 1. The van der Waals surface area contributed by atoms with E-state index in [0.29, 0.717) is 13.1 Å². The van der Waals surface area contributed by atoms with Crippen LogP contribution in [0.15, 0.2) is 64.6 Å². The van der Waals surface area contributed by atoms with Crippen LogP contribution in [-0.2, 0) is 11.3 Å². The molecular formula is C19H17N5O. The summed E-state index contributed by atoms with van der Waals surface area (Å²) in [5.74, 6) is 0.810.